The smallest absolute Gasteiger partial charge is 0.336 e. The van der Waals surface area contributed by atoms with Crippen molar-refractivity contribution in [3.63, 3.8) is 0 Å². The fourth-order valence-electron chi connectivity index (χ4n) is 2.02. The lowest BCUT2D eigenvalue weighted by atomic mass is 9.93. The van der Waals surface area contributed by atoms with Crippen LogP contribution in [0.2, 0.25) is 0 Å². The maximum absolute atomic E-state index is 11.4. The van der Waals surface area contributed by atoms with Gasteiger partial charge >= 0.3 is 5.97 Å². The van der Waals surface area contributed by atoms with Gasteiger partial charge in [0, 0.05) is 0 Å². The first kappa shape index (κ1) is 12.3. The molecule has 1 unspecified atom stereocenters. The summed E-state index contributed by atoms with van der Waals surface area (Å²) in [5.74, 6) is -1.02. The lowest BCUT2D eigenvalue weighted by Gasteiger charge is -2.13. The van der Waals surface area contributed by atoms with Crippen LogP contribution in [0.4, 0.5) is 0 Å². The van der Waals surface area contributed by atoms with Crippen LogP contribution in [0.1, 0.15) is 28.9 Å². The van der Waals surface area contributed by atoms with E-state index in [-0.39, 0.29) is 5.56 Å². The van der Waals surface area contributed by atoms with E-state index in [9.17, 15) is 15.0 Å². The van der Waals surface area contributed by atoms with E-state index in [0.29, 0.717) is 11.1 Å². The van der Waals surface area contributed by atoms with E-state index in [1.807, 2.05) is 30.3 Å². The minimum Gasteiger partial charge on any atom is -0.478 e. The quantitative estimate of drug-likeness (QED) is 0.869. The van der Waals surface area contributed by atoms with Gasteiger partial charge in [-0.15, -0.1) is 0 Å². The Kier molecular flexibility index (Phi) is 3.44. The Balaban J connectivity index is 2.68. The van der Waals surface area contributed by atoms with Crippen molar-refractivity contribution in [2.75, 3.05) is 0 Å². The number of carboxylic acid groups (broad SMARTS) is 1. The van der Waals surface area contributed by atoms with Gasteiger partial charge in [0.25, 0.3) is 0 Å². The number of benzene rings is 2. The van der Waals surface area contributed by atoms with Crippen LogP contribution in [0.5, 0.6) is 0 Å². The van der Waals surface area contributed by atoms with Crippen molar-refractivity contribution in [1.29, 1.82) is 0 Å². The highest BCUT2D eigenvalue weighted by Crippen LogP contribution is 2.29. The number of hydrogen-bond acceptors (Lipinski definition) is 2. The van der Waals surface area contributed by atoms with Crippen LogP contribution in [-0.2, 0) is 0 Å². The molecule has 0 bridgehead atoms. The number of carbonyl (C=O) groups is 1. The fourth-order valence-corrected chi connectivity index (χ4v) is 2.02. The predicted octanol–water partition coefficient (Wildman–Crippen LogP) is 3.11. The Bertz CT molecular complexity index is 559. The number of aliphatic hydroxyl groups excluding tert-OH is 1. The molecular weight excluding hydrogens is 228 g/mol. The molecule has 18 heavy (non-hydrogen) atoms. The third-order valence-corrected chi connectivity index (χ3v) is 2.85. The third-order valence-electron chi connectivity index (χ3n) is 2.85. The van der Waals surface area contributed by atoms with Gasteiger partial charge in [-0.3, -0.25) is 0 Å². The van der Waals surface area contributed by atoms with E-state index in [0.717, 1.165) is 5.56 Å². The number of carboxylic acids is 1. The average molecular weight is 242 g/mol. The number of aromatic carboxylic acids is 1. The largest absolute Gasteiger partial charge is 0.478 e. The van der Waals surface area contributed by atoms with Crippen LogP contribution in [0.15, 0.2) is 48.5 Å². The molecule has 0 saturated heterocycles. The van der Waals surface area contributed by atoms with Gasteiger partial charge in [0.05, 0.1) is 11.7 Å². The molecule has 2 N–H and O–H groups in total. The second kappa shape index (κ2) is 5.02. The van der Waals surface area contributed by atoms with Crippen LogP contribution in [0.3, 0.4) is 0 Å². The number of aliphatic hydroxyl groups is 1. The first-order valence-electron chi connectivity index (χ1n) is 5.71. The van der Waals surface area contributed by atoms with Crippen molar-refractivity contribution < 1.29 is 15.0 Å². The van der Waals surface area contributed by atoms with E-state index in [1.165, 1.54) is 0 Å². The van der Waals surface area contributed by atoms with E-state index in [4.69, 9.17) is 0 Å². The van der Waals surface area contributed by atoms with Crippen molar-refractivity contribution in [2.24, 2.45) is 0 Å². The summed E-state index contributed by atoms with van der Waals surface area (Å²) in [6.07, 6.45) is -0.806. The van der Waals surface area contributed by atoms with E-state index >= 15 is 0 Å². The van der Waals surface area contributed by atoms with Crippen molar-refractivity contribution >= 4 is 5.97 Å². The molecule has 0 spiro atoms. The molecule has 0 fully saturated rings. The van der Waals surface area contributed by atoms with Gasteiger partial charge in [0.15, 0.2) is 0 Å². The summed E-state index contributed by atoms with van der Waals surface area (Å²) in [7, 11) is 0. The summed E-state index contributed by atoms with van der Waals surface area (Å²) >= 11 is 0. The first-order chi connectivity index (χ1) is 8.61. The van der Waals surface area contributed by atoms with Crippen molar-refractivity contribution in [3.8, 4) is 11.1 Å². The molecule has 0 saturated carbocycles. The molecule has 92 valence electrons. The van der Waals surface area contributed by atoms with Crippen LogP contribution in [0, 0.1) is 0 Å². The second-order valence-corrected chi connectivity index (χ2v) is 4.12. The SMILES string of the molecule is CC(O)c1cccc(-c2ccccc2)c1C(=O)O. The van der Waals surface area contributed by atoms with E-state index in [1.54, 1.807) is 25.1 Å². The monoisotopic (exact) mass is 242 g/mol. The van der Waals surface area contributed by atoms with Crippen LogP contribution >= 0.6 is 0 Å². The third kappa shape index (κ3) is 2.26. The molecule has 2 aromatic rings. The summed E-state index contributed by atoms with van der Waals surface area (Å²) < 4.78 is 0. The van der Waals surface area contributed by atoms with Gasteiger partial charge in [-0.05, 0) is 23.6 Å². The Morgan fingerprint density at radius 3 is 2.28 bits per heavy atom. The summed E-state index contributed by atoms with van der Waals surface area (Å²) in [6.45, 7) is 1.57. The molecule has 0 aliphatic carbocycles. The zero-order chi connectivity index (χ0) is 13.1. The molecule has 2 rings (SSSR count). The number of hydrogen-bond donors (Lipinski definition) is 2. The normalized spacial score (nSPS) is 12.1. The molecular formula is C15H14O3. The molecule has 3 heteroatoms. The maximum Gasteiger partial charge on any atom is 0.336 e. The second-order valence-electron chi connectivity index (χ2n) is 4.12. The standard InChI is InChI=1S/C15H14O3/c1-10(16)12-8-5-9-13(14(12)15(17)18)11-6-3-2-4-7-11/h2-10,16H,1H3,(H,17,18). The Morgan fingerprint density at radius 1 is 1.06 bits per heavy atom. The Morgan fingerprint density at radius 2 is 1.72 bits per heavy atom. The molecule has 0 aliphatic heterocycles. The maximum atomic E-state index is 11.4. The zero-order valence-corrected chi connectivity index (χ0v) is 10.00. The highest BCUT2D eigenvalue weighted by molar-refractivity contribution is 5.97. The number of rotatable bonds is 3. The van der Waals surface area contributed by atoms with Crippen molar-refractivity contribution in [2.45, 2.75) is 13.0 Å². The lowest BCUT2D eigenvalue weighted by Crippen LogP contribution is -2.07. The van der Waals surface area contributed by atoms with Gasteiger partial charge < -0.3 is 10.2 Å². The molecule has 3 nitrogen and oxygen atoms in total. The van der Waals surface area contributed by atoms with Crippen LogP contribution in [-0.4, -0.2) is 16.2 Å². The topological polar surface area (TPSA) is 57.5 Å². The van der Waals surface area contributed by atoms with Gasteiger partial charge in [0.2, 0.25) is 0 Å². The highest BCUT2D eigenvalue weighted by atomic mass is 16.4. The first-order valence-corrected chi connectivity index (χ1v) is 5.71. The molecule has 0 heterocycles. The zero-order valence-electron chi connectivity index (χ0n) is 10.00. The van der Waals surface area contributed by atoms with E-state index < -0.39 is 12.1 Å². The lowest BCUT2D eigenvalue weighted by molar-refractivity contribution is 0.0691. The van der Waals surface area contributed by atoms with Crippen LogP contribution in [0.25, 0.3) is 11.1 Å². The Hall–Kier alpha value is -2.13. The predicted molar refractivity (Wildman–Crippen MR) is 69.5 cm³/mol. The summed E-state index contributed by atoms with van der Waals surface area (Å²) in [5.41, 5.74) is 2.06. The molecule has 1 atom stereocenters. The summed E-state index contributed by atoms with van der Waals surface area (Å²) in [5, 5.41) is 19.0. The van der Waals surface area contributed by atoms with Crippen molar-refractivity contribution in [3.05, 3.63) is 59.7 Å². The Labute approximate surface area is 105 Å². The van der Waals surface area contributed by atoms with E-state index in [2.05, 4.69) is 0 Å². The minimum atomic E-state index is -1.02. The van der Waals surface area contributed by atoms with Gasteiger partial charge in [-0.25, -0.2) is 4.79 Å². The summed E-state index contributed by atoms with van der Waals surface area (Å²) in [6, 6.07) is 14.5. The van der Waals surface area contributed by atoms with Gasteiger partial charge in [-0.1, -0.05) is 48.5 Å². The molecule has 0 amide bonds. The average Bonchev–Trinajstić information content (AvgIpc) is 2.38. The molecule has 0 aromatic heterocycles. The van der Waals surface area contributed by atoms with Crippen molar-refractivity contribution in [1.82, 2.24) is 0 Å². The molecule has 0 radical (unpaired) electrons. The minimum absolute atomic E-state index is 0.165. The summed E-state index contributed by atoms with van der Waals surface area (Å²) in [4.78, 5) is 11.4. The van der Waals surface area contributed by atoms with Crippen LogP contribution < -0.4 is 0 Å². The van der Waals surface area contributed by atoms with Gasteiger partial charge in [-0.2, -0.15) is 0 Å². The molecule has 2 aromatic carbocycles. The molecule has 0 aliphatic rings. The fraction of sp³-hybridized carbons (Fsp3) is 0.133. The highest BCUT2D eigenvalue weighted by Gasteiger charge is 2.18. The van der Waals surface area contributed by atoms with Gasteiger partial charge in [0.1, 0.15) is 0 Å².